The lowest BCUT2D eigenvalue weighted by atomic mass is 10.1. The number of carbonyl (C=O) groups is 1. The van der Waals surface area contributed by atoms with Crippen LogP contribution >= 0.6 is 0 Å². The molecule has 0 fully saturated rings. The third kappa shape index (κ3) is 4.58. The van der Waals surface area contributed by atoms with E-state index in [2.05, 4.69) is 12.2 Å². The first-order chi connectivity index (χ1) is 10.6. The summed E-state index contributed by atoms with van der Waals surface area (Å²) in [6.07, 6.45) is 0.968. The van der Waals surface area contributed by atoms with E-state index in [1.807, 2.05) is 31.2 Å². The quantitative estimate of drug-likeness (QED) is 0.884. The summed E-state index contributed by atoms with van der Waals surface area (Å²) in [5, 5.41) is 2.82. The molecule has 0 saturated carbocycles. The molecule has 0 aliphatic rings. The highest BCUT2D eigenvalue weighted by molar-refractivity contribution is 5.78. The molecule has 0 aliphatic heterocycles. The zero-order valence-corrected chi connectivity index (χ0v) is 12.8. The normalized spacial score (nSPS) is 11.8. The average molecular weight is 301 g/mol. The topological polar surface area (TPSA) is 38.3 Å². The minimum atomic E-state index is -0.291. The van der Waals surface area contributed by atoms with Gasteiger partial charge in [-0.1, -0.05) is 31.2 Å². The summed E-state index contributed by atoms with van der Waals surface area (Å²) in [4.78, 5) is 11.9. The van der Waals surface area contributed by atoms with Crippen LogP contribution in [0.4, 0.5) is 4.39 Å². The monoisotopic (exact) mass is 301 g/mol. The maximum absolute atomic E-state index is 12.9. The SMILES string of the molecule is CCc1ccc(OCC(=O)NC(C)c2ccc(F)cc2)cc1. The molecule has 2 aromatic rings. The molecule has 2 aromatic carbocycles. The van der Waals surface area contributed by atoms with Crippen LogP contribution in [0.25, 0.3) is 0 Å². The van der Waals surface area contributed by atoms with Crippen molar-refractivity contribution in [1.82, 2.24) is 5.32 Å². The molecule has 0 radical (unpaired) electrons. The molecule has 1 N–H and O–H groups in total. The van der Waals surface area contributed by atoms with Gasteiger partial charge in [0.1, 0.15) is 11.6 Å². The molecule has 0 saturated heterocycles. The van der Waals surface area contributed by atoms with Crippen molar-refractivity contribution in [3.8, 4) is 5.75 Å². The smallest absolute Gasteiger partial charge is 0.258 e. The predicted molar refractivity (Wildman–Crippen MR) is 84.3 cm³/mol. The van der Waals surface area contributed by atoms with Crippen LogP contribution in [0.1, 0.15) is 31.0 Å². The number of aryl methyl sites for hydroxylation is 1. The van der Waals surface area contributed by atoms with Gasteiger partial charge < -0.3 is 10.1 Å². The highest BCUT2D eigenvalue weighted by atomic mass is 19.1. The van der Waals surface area contributed by atoms with Crippen LogP contribution in [-0.4, -0.2) is 12.5 Å². The van der Waals surface area contributed by atoms with Gasteiger partial charge in [-0.25, -0.2) is 4.39 Å². The number of hydrogen-bond acceptors (Lipinski definition) is 2. The molecule has 116 valence electrons. The lowest BCUT2D eigenvalue weighted by Crippen LogP contribution is -2.31. The summed E-state index contributed by atoms with van der Waals surface area (Å²) in [6.45, 7) is 3.89. The summed E-state index contributed by atoms with van der Waals surface area (Å²) in [7, 11) is 0. The number of benzene rings is 2. The molecular formula is C18H20FNO2. The number of halogens is 1. The largest absolute Gasteiger partial charge is 0.484 e. The van der Waals surface area contributed by atoms with Gasteiger partial charge in [-0.15, -0.1) is 0 Å². The van der Waals surface area contributed by atoms with E-state index in [0.29, 0.717) is 5.75 Å². The summed E-state index contributed by atoms with van der Waals surface area (Å²) in [6, 6.07) is 13.6. The van der Waals surface area contributed by atoms with Gasteiger partial charge in [0.25, 0.3) is 5.91 Å². The number of ether oxygens (including phenoxy) is 1. The number of nitrogens with one attached hydrogen (secondary N) is 1. The summed E-state index contributed by atoms with van der Waals surface area (Å²) in [5.41, 5.74) is 2.07. The third-order valence-corrected chi connectivity index (χ3v) is 3.45. The fourth-order valence-corrected chi connectivity index (χ4v) is 2.09. The maximum atomic E-state index is 12.9. The van der Waals surface area contributed by atoms with Crippen molar-refractivity contribution >= 4 is 5.91 Å². The van der Waals surface area contributed by atoms with Gasteiger partial charge in [-0.3, -0.25) is 4.79 Å². The minimum Gasteiger partial charge on any atom is -0.484 e. The predicted octanol–water partition coefficient (Wildman–Crippen LogP) is 3.64. The lowest BCUT2D eigenvalue weighted by molar-refractivity contribution is -0.123. The van der Waals surface area contributed by atoms with Crippen LogP contribution in [0.2, 0.25) is 0 Å². The molecule has 1 amide bonds. The summed E-state index contributed by atoms with van der Waals surface area (Å²) in [5.74, 6) is 0.166. The van der Waals surface area contributed by atoms with Crippen molar-refractivity contribution in [3.05, 3.63) is 65.5 Å². The molecule has 22 heavy (non-hydrogen) atoms. The van der Waals surface area contributed by atoms with Crippen molar-refractivity contribution in [3.63, 3.8) is 0 Å². The van der Waals surface area contributed by atoms with E-state index in [4.69, 9.17) is 4.74 Å². The van der Waals surface area contributed by atoms with Gasteiger partial charge >= 0.3 is 0 Å². The molecule has 0 aromatic heterocycles. The third-order valence-electron chi connectivity index (χ3n) is 3.45. The Kier molecular flexibility index (Phi) is 5.53. The zero-order valence-electron chi connectivity index (χ0n) is 12.8. The van der Waals surface area contributed by atoms with Crippen molar-refractivity contribution < 1.29 is 13.9 Å². The molecule has 0 heterocycles. The van der Waals surface area contributed by atoms with E-state index in [9.17, 15) is 9.18 Å². The first-order valence-electron chi connectivity index (χ1n) is 7.35. The highest BCUT2D eigenvalue weighted by Crippen LogP contribution is 2.14. The Morgan fingerprint density at radius 3 is 2.36 bits per heavy atom. The van der Waals surface area contributed by atoms with Gasteiger partial charge in [0, 0.05) is 0 Å². The fourth-order valence-electron chi connectivity index (χ4n) is 2.09. The van der Waals surface area contributed by atoms with Crippen LogP contribution < -0.4 is 10.1 Å². The Morgan fingerprint density at radius 2 is 1.77 bits per heavy atom. The molecule has 2 rings (SSSR count). The Bertz CT molecular complexity index is 608. The minimum absolute atomic E-state index is 0.0446. The fraction of sp³-hybridized carbons (Fsp3) is 0.278. The molecule has 0 aliphatic carbocycles. The molecule has 1 unspecified atom stereocenters. The second-order valence-corrected chi connectivity index (χ2v) is 5.13. The number of amides is 1. The number of hydrogen-bond donors (Lipinski definition) is 1. The zero-order chi connectivity index (χ0) is 15.9. The molecule has 0 spiro atoms. The van der Waals surface area contributed by atoms with Gasteiger partial charge in [0.05, 0.1) is 6.04 Å². The first-order valence-corrected chi connectivity index (χ1v) is 7.35. The average Bonchev–Trinajstić information content (AvgIpc) is 2.54. The van der Waals surface area contributed by atoms with E-state index in [1.54, 1.807) is 12.1 Å². The van der Waals surface area contributed by atoms with Crippen LogP contribution in [0.15, 0.2) is 48.5 Å². The molecule has 3 nitrogen and oxygen atoms in total. The van der Waals surface area contributed by atoms with Gasteiger partial charge in [-0.2, -0.15) is 0 Å². The van der Waals surface area contributed by atoms with Crippen molar-refractivity contribution in [2.24, 2.45) is 0 Å². The van der Waals surface area contributed by atoms with E-state index in [-0.39, 0.29) is 24.4 Å². The second kappa shape index (κ2) is 7.59. The van der Waals surface area contributed by atoms with E-state index in [0.717, 1.165) is 12.0 Å². The van der Waals surface area contributed by atoms with Gasteiger partial charge in [0.2, 0.25) is 0 Å². The van der Waals surface area contributed by atoms with E-state index in [1.165, 1.54) is 17.7 Å². The number of carbonyl (C=O) groups excluding carboxylic acids is 1. The molecular weight excluding hydrogens is 281 g/mol. The van der Waals surface area contributed by atoms with Crippen LogP contribution in [0, 0.1) is 5.82 Å². The molecule has 1 atom stereocenters. The lowest BCUT2D eigenvalue weighted by Gasteiger charge is -2.14. The summed E-state index contributed by atoms with van der Waals surface area (Å²) < 4.78 is 18.3. The second-order valence-electron chi connectivity index (χ2n) is 5.13. The van der Waals surface area contributed by atoms with Crippen molar-refractivity contribution in [2.45, 2.75) is 26.3 Å². The Hall–Kier alpha value is -2.36. The maximum Gasteiger partial charge on any atom is 0.258 e. The van der Waals surface area contributed by atoms with Gasteiger partial charge in [0.15, 0.2) is 6.61 Å². The van der Waals surface area contributed by atoms with Gasteiger partial charge in [-0.05, 0) is 48.7 Å². The number of rotatable bonds is 6. The molecule has 4 heteroatoms. The van der Waals surface area contributed by atoms with Crippen molar-refractivity contribution in [1.29, 1.82) is 0 Å². The highest BCUT2D eigenvalue weighted by Gasteiger charge is 2.10. The summed E-state index contributed by atoms with van der Waals surface area (Å²) >= 11 is 0. The first kappa shape index (κ1) is 16.0. The van der Waals surface area contributed by atoms with Crippen LogP contribution in [0.5, 0.6) is 5.75 Å². The Balaban J connectivity index is 1.83. The van der Waals surface area contributed by atoms with E-state index >= 15 is 0 Å². The van der Waals surface area contributed by atoms with E-state index < -0.39 is 0 Å². The van der Waals surface area contributed by atoms with Crippen LogP contribution in [-0.2, 0) is 11.2 Å². The molecule has 0 bridgehead atoms. The standard InChI is InChI=1S/C18H20FNO2/c1-3-14-4-10-17(11-5-14)22-12-18(21)20-13(2)15-6-8-16(19)9-7-15/h4-11,13H,3,12H2,1-2H3,(H,20,21). The van der Waals surface area contributed by atoms with Crippen LogP contribution in [0.3, 0.4) is 0 Å². The Morgan fingerprint density at radius 1 is 1.14 bits per heavy atom. The van der Waals surface area contributed by atoms with Crippen molar-refractivity contribution in [2.75, 3.05) is 6.61 Å². The Labute approximate surface area is 130 Å².